The third kappa shape index (κ3) is 3.62. The predicted octanol–water partition coefficient (Wildman–Crippen LogP) is 4.41. The van der Waals surface area contributed by atoms with E-state index in [2.05, 4.69) is 24.1 Å². The van der Waals surface area contributed by atoms with Crippen LogP contribution in [0, 0.1) is 6.92 Å². The van der Waals surface area contributed by atoms with Crippen molar-refractivity contribution in [1.82, 2.24) is 9.55 Å². The number of nitrogens with zero attached hydrogens (tertiary/aromatic N) is 2. The molecule has 1 N–H and O–H groups in total. The number of carbonyl (C=O) groups is 1. The molecule has 152 valence electrons. The van der Waals surface area contributed by atoms with Crippen molar-refractivity contribution in [3.63, 3.8) is 0 Å². The number of aromatic nitrogens is 2. The van der Waals surface area contributed by atoms with Crippen molar-refractivity contribution in [3.05, 3.63) is 55.9 Å². The van der Waals surface area contributed by atoms with Crippen LogP contribution in [0.15, 0.2) is 23.0 Å². The molecule has 0 aliphatic heterocycles. The molecule has 0 radical (unpaired) electrons. The van der Waals surface area contributed by atoms with Crippen molar-refractivity contribution in [2.75, 3.05) is 5.32 Å². The molecule has 1 amide bonds. The van der Waals surface area contributed by atoms with Gasteiger partial charge in [-0.15, -0.1) is 11.3 Å². The van der Waals surface area contributed by atoms with Crippen molar-refractivity contribution >= 4 is 33.1 Å². The van der Waals surface area contributed by atoms with E-state index in [0.717, 1.165) is 64.7 Å². The van der Waals surface area contributed by atoms with Crippen LogP contribution >= 0.6 is 11.3 Å². The molecule has 2 aromatic heterocycles. The first-order valence-electron chi connectivity index (χ1n) is 10.5. The lowest BCUT2D eigenvalue weighted by Crippen LogP contribution is -2.30. The Labute approximate surface area is 174 Å². The highest BCUT2D eigenvalue weighted by Crippen LogP contribution is 2.33. The van der Waals surface area contributed by atoms with E-state index >= 15 is 0 Å². The van der Waals surface area contributed by atoms with Gasteiger partial charge in [-0.25, -0.2) is 4.98 Å². The molecule has 0 bridgehead atoms. The summed E-state index contributed by atoms with van der Waals surface area (Å²) in [6.07, 6.45) is 5.94. The Morgan fingerprint density at radius 1 is 1.17 bits per heavy atom. The minimum absolute atomic E-state index is 0.0145. The highest BCUT2D eigenvalue weighted by molar-refractivity contribution is 7.18. The van der Waals surface area contributed by atoms with Crippen LogP contribution in [0.4, 0.5) is 5.69 Å². The monoisotopic (exact) mass is 409 g/mol. The number of nitrogens with one attached hydrogen (secondary N) is 1. The van der Waals surface area contributed by atoms with Crippen molar-refractivity contribution in [3.8, 4) is 0 Å². The van der Waals surface area contributed by atoms with Gasteiger partial charge >= 0.3 is 0 Å². The fraction of sp³-hybridized carbons (Fsp3) is 0.435. The summed E-state index contributed by atoms with van der Waals surface area (Å²) in [4.78, 5) is 32.9. The summed E-state index contributed by atoms with van der Waals surface area (Å²) in [5, 5.41) is 3.79. The largest absolute Gasteiger partial charge is 0.324 e. The minimum atomic E-state index is -0.184. The van der Waals surface area contributed by atoms with Gasteiger partial charge in [0.25, 0.3) is 5.56 Å². The van der Waals surface area contributed by atoms with Crippen molar-refractivity contribution in [2.24, 2.45) is 0 Å². The van der Waals surface area contributed by atoms with Crippen LogP contribution in [0.3, 0.4) is 0 Å². The zero-order chi connectivity index (χ0) is 20.5. The lowest BCUT2D eigenvalue weighted by atomic mass is 9.97. The van der Waals surface area contributed by atoms with Crippen LogP contribution in [0.1, 0.15) is 54.1 Å². The Morgan fingerprint density at radius 2 is 1.86 bits per heavy atom. The number of rotatable bonds is 5. The van der Waals surface area contributed by atoms with E-state index in [1.54, 1.807) is 11.3 Å². The maximum absolute atomic E-state index is 13.3. The molecule has 0 fully saturated rings. The predicted molar refractivity (Wildman–Crippen MR) is 119 cm³/mol. The molecule has 5 nitrogen and oxygen atoms in total. The van der Waals surface area contributed by atoms with Crippen LogP contribution in [0.5, 0.6) is 0 Å². The molecule has 1 aliphatic carbocycles. The quantitative estimate of drug-likeness (QED) is 0.679. The lowest BCUT2D eigenvalue weighted by molar-refractivity contribution is -0.116. The Kier molecular flexibility index (Phi) is 5.54. The molecule has 0 unspecified atom stereocenters. The molecule has 4 rings (SSSR count). The third-order valence-electron chi connectivity index (χ3n) is 5.83. The summed E-state index contributed by atoms with van der Waals surface area (Å²) in [7, 11) is 0. The normalized spacial score (nSPS) is 13.5. The van der Waals surface area contributed by atoms with Gasteiger partial charge in [0.1, 0.15) is 17.2 Å². The van der Waals surface area contributed by atoms with E-state index in [-0.39, 0.29) is 18.0 Å². The maximum atomic E-state index is 13.3. The molecular formula is C23H27N3O2S. The summed E-state index contributed by atoms with van der Waals surface area (Å²) in [5.74, 6) is 0.409. The van der Waals surface area contributed by atoms with Gasteiger partial charge in [0.15, 0.2) is 0 Å². The van der Waals surface area contributed by atoms with E-state index in [1.165, 1.54) is 15.9 Å². The number of fused-ring (bicyclic) bond motifs is 3. The minimum Gasteiger partial charge on any atom is -0.324 e. The average molecular weight is 410 g/mol. The van der Waals surface area contributed by atoms with E-state index in [0.29, 0.717) is 5.82 Å². The van der Waals surface area contributed by atoms with Gasteiger partial charge in [-0.3, -0.25) is 14.2 Å². The van der Waals surface area contributed by atoms with Gasteiger partial charge in [0.05, 0.1) is 5.39 Å². The van der Waals surface area contributed by atoms with Crippen molar-refractivity contribution in [2.45, 2.75) is 65.8 Å². The van der Waals surface area contributed by atoms with Crippen LogP contribution in [0.2, 0.25) is 0 Å². The molecular weight excluding hydrogens is 382 g/mol. The standard InChI is InChI=1S/C23H27N3O2S/c1-4-15-9-8-10-16(5-2)21(15)25-19(27)13-26-14(3)24-22-20(23(26)28)17-11-6-7-12-18(17)29-22/h8-10H,4-7,11-13H2,1-3H3,(H,25,27). The van der Waals surface area contributed by atoms with Gasteiger partial charge in [0.2, 0.25) is 5.91 Å². The molecule has 6 heteroatoms. The first-order chi connectivity index (χ1) is 14.0. The van der Waals surface area contributed by atoms with E-state index in [9.17, 15) is 9.59 Å². The lowest BCUT2D eigenvalue weighted by Gasteiger charge is -2.16. The van der Waals surface area contributed by atoms with Gasteiger partial charge < -0.3 is 5.32 Å². The summed E-state index contributed by atoms with van der Waals surface area (Å²) in [5.41, 5.74) is 4.19. The molecule has 3 aromatic rings. The Morgan fingerprint density at radius 3 is 2.55 bits per heavy atom. The Hall–Kier alpha value is -2.47. The summed E-state index contributed by atoms with van der Waals surface area (Å²) in [6, 6.07) is 6.11. The number of hydrogen-bond donors (Lipinski definition) is 1. The number of thiophene rings is 1. The fourth-order valence-electron chi connectivity index (χ4n) is 4.25. The zero-order valence-electron chi connectivity index (χ0n) is 17.3. The van der Waals surface area contributed by atoms with Crippen molar-refractivity contribution < 1.29 is 4.79 Å². The molecule has 0 saturated heterocycles. The van der Waals surface area contributed by atoms with E-state index < -0.39 is 0 Å². The highest BCUT2D eigenvalue weighted by Gasteiger charge is 2.22. The average Bonchev–Trinajstić information content (AvgIpc) is 3.09. The van der Waals surface area contributed by atoms with Crippen LogP contribution < -0.4 is 10.9 Å². The smallest absolute Gasteiger partial charge is 0.263 e. The first kappa shape index (κ1) is 19.8. The molecule has 2 heterocycles. The molecule has 1 aliphatic rings. The maximum Gasteiger partial charge on any atom is 0.263 e. The second-order valence-corrected chi connectivity index (χ2v) is 8.73. The number of para-hydroxylation sites is 1. The van der Waals surface area contributed by atoms with E-state index in [1.807, 2.05) is 25.1 Å². The van der Waals surface area contributed by atoms with Gasteiger partial charge in [-0.1, -0.05) is 32.0 Å². The molecule has 0 atom stereocenters. The number of aryl methyl sites for hydroxylation is 5. The summed E-state index contributed by atoms with van der Waals surface area (Å²) < 4.78 is 1.53. The second-order valence-electron chi connectivity index (χ2n) is 7.65. The molecule has 0 saturated carbocycles. The fourth-order valence-corrected chi connectivity index (χ4v) is 5.55. The second kappa shape index (κ2) is 8.11. The molecule has 29 heavy (non-hydrogen) atoms. The number of hydrogen-bond acceptors (Lipinski definition) is 4. The zero-order valence-corrected chi connectivity index (χ0v) is 18.1. The van der Waals surface area contributed by atoms with Crippen LogP contribution in [0.25, 0.3) is 10.2 Å². The first-order valence-corrected chi connectivity index (χ1v) is 11.3. The summed E-state index contributed by atoms with van der Waals surface area (Å²) in [6.45, 7) is 5.96. The molecule has 1 aromatic carbocycles. The molecule has 0 spiro atoms. The van der Waals surface area contributed by atoms with Crippen molar-refractivity contribution in [1.29, 1.82) is 0 Å². The van der Waals surface area contributed by atoms with Gasteiger partial charge in [-0.05, 0) is 62.1 Å². The number of amides is 1. The topological polar surface area (TPSA) is 64.0 Å². The number of benzene rings is 1. The SMILES string of the molecule is CCc1cccc(CC)c1NC(=O)Cn1c(C)nc2sc3c(c2c1=O)CCCC3. The van der Waals surface area contributed by atoms with Gasteiger partial charge in [0, 0.05) is 10.6 Å². The van der Waals surface area contributed by atoms with Gasteiger partial charge in [-0.2, -0.15) is 0 Å². The number of anilines is 1. The number of carbonyl (C=O) groups excluding carboxylic acids is 1. The Bertz CT molecular complexity index is 1120. The Balaban J connectivity index is 1.68. The van der Waals surface area contributed by atoms with Crippen LogP contribution in [-0.2, 0) is 37.0 Å². The third-order valence-corrected chi connectivity index (χ3v) is 7.02. The summed E-state index contributed by atoms with van der Waals surface area (Å²) >= 11 is 1.64. The van der Waals surface area contributed by atoms with E-state index in [4.69, 9.17) is 0 Å². The van der Waals surface area contributed by atoms with Crippen LogP contribution in [-0.4, -0.2) is 15.5 Å². The highest BCUT2D eigenvalue weighted by atomic mass is 32.1.